The van der Waals surface area contributed by atoms with Crippen molar-refractivity contribution in [2.75, 3.05) is 0 Å². The Morgan fingerprint density at radius 2 is 2.30 bits per heavy atom. The molecule has 0 bridgehead atoms. The first-order chi connectivity index (χ1) is 4.88. The minimum Gasteiger partial charge on any atom is -0.128 e. The molecule has 0 saturated heterocycles. The predicted octanol–water partition coefficient (Wildman–Crippen LogP) is 2.44. The van der Waals surface area contributed by atoms with Crippen LogP contribution in [0.25, 0.3) is 0 Å². The number of hydrogen-bond donors (Lipinski definition) is 0. The number of hydrogen-bond acceptors (Lipinski definition) is 0. The summed E-state index contributed by atoms with van der Waals surface area (Å²) in [5.74, 6) is 2.68. The Labute approximate surface area is 61.9 Å². The van der Waals surface area contributed by atoms with Crippen LogP contribution in [0.1, 0.15) is 19.3 Å². The van der Waals surface area contributed by atoms with Crippen molar-refractivity contribution in [3.05, 3.63) is 29.5 Å². The summed E-state index contributed by atoms with van der Waals surface area (Å²) in [6.07, 6.45) is 10.5. The minimum absolute atomic E-state index is 1.06. The van der Waals surface area contributed by atoms with E-state index in [0.29, 0.717) is 0 Å². The van der Waals surface area contributed by atoms with Crippen molar-refractivity contribution in [1.29, 1.82) is 0 Å². The molecule has 0 heteroatoms. The summed E-state index contributed by atoms with van der Waals surface area (Å²) in [5, 5.41) is 0. The Kier molecular flexibility index (Phi) is 2.15. The van der Waals surface area contributed by atoms with E-state index in [1.165, 1.54) is 12.0 Å². The summed E-state index contributed by atoms with van der Waals surface area (Å²) >= 11 is 0. The third kappa shape index (κ3) is 1.21. The topological polar surface area (TPSA) is 0 Å². The van der Waals surface area contributed by atoms with E-state index in [-0.39, 0.29) is 0 Å². The molecule has 1 aliphatic rings. The minimum atomic E-state index is 1.06. The lowest BCUT2D eigenvalue weighted by Gasteiger charge is -1.89. The fourth-order valence-corrected chi connectivity index (χ4v) is 1.21. The van der Waals surface area contributed by atoms with Gasteiger partial charge in [0.25, 0.3) is 0 Å². The van der Waals surface area contributed by atoms with E-state index >= 15 is 0 Å². The van der Waals surface area contributed by atoms with Gasteiger partial charge in [-0.1, -0.05) is 12.5 Å². The molecule has 1 rings (SSSR count). The van der Waals surface area contributed by atoms with Gasteiger partial charge in [0.05, 0.1) is 0 Å². The number of terminal acetylenes is 1. The zero-order valence-corrected chi connectivity index (χ0v) is 5.98. The van der Waals surface area contributed by atoms with Crippen molar-refractivity contribution in [2.45, 2.75) is 19.3 Å². The highest BCUT2D eigenvalue weighted by Gasteiger charge is 2.08. The van der Waals surface area contributed by atoms with Gasteiger partial charge in [-0.05, 0) is 30.9 Å². The first-order valence-corrected chi connectivity index (χ1v) is 3.43. The van der Waals surface area contributed by atoms with E-state index in [4.69, 9.17) is 6.42 Å². The number of rotatable bonds is 1. The molecular weight excluding hydrogens is 120 g/mol. The fourth-order valence-electron chi connectivity index (χ4n) is 1.21. The second-order valence-corrected chi connectivity index (χ2v) is 2.35. The normalized spacial score (nSPS) is 16.3. The van der Waals surface area contributed by atoms with Crippen molar-refractivity contribution in [2.24, 2.45) is 0 Å². The summed E-state index contributed by atoms with van der Waals surface area (Å²) in [4.78, 5) is 0. The molecule has 0 saturated carbocycles. The van der Waals surface area contributed by atoms with Crippen LogP contribution in [-0.4, -0.2) is 0 Å². The van der Waals surface area contributed by atoms with Crippen molar-refractivity contribution >= 4 is 0 Å². The summed E-state index contributed by atoms with van der Waals surface area (Å²) in [5.41, 5.74) is 5.13. The van der Waals surface area contributed by atoms with Crippen LogP contribution in [-0.2, 0) is 0 Å². The lowest BCUT2D eigenvalue weighted by atomic mass is 10.1. The monoisotopic (exact) mass is 130 g/mol. The molecule has 10 heavy (non-hydrogen) atoms. The van der Waals surface area contributed by atoms with Crippen LogP contribution in [0.4, 0.5) is 0 Å². The van der Waals surface area contributed by atoms with Crippen molar-refractivity contribution in [3.8, 4) is 12.3 Å². The first kappa shape index (κ1) is 6.93. The molecule has 50 valence electrons. The molecular formula is C10H10. The van der Waals surface area contributed by atoms with Crippen LogP contribution in [0.2, 0.25) is 0 Å². The molecule has 0 amide bonds. The summed E-state index contributed by atoms with van der Waals surface area (Å²) in [6.45, 7) is 3.51. The van der Waals surface area contributed by atoms with E-state index in [2.05, 4.69) is 18.2 Å². The van der Waals surface area contributed by atoms with Crippen LogP contribution < -0.4 is 0 Å². The van der Waals surface area contributed by atoms with Crippen molar-refractivity contribution < 1.29 is 0 Å². The fraction of sp³-hybridized carbons (Fsp3) is 0.300. The van der Waals surface area contributed by atoms with E-state index in [0.717, 1.165) is 18.4 Å². The van der Waals surface area contributed by atoms with E-state index < -0.39 is 0 Å². The molecule has 0 N–H and O–H groups in total. The largest absolute Gasteiger partial charge is 0.128 e. The van der Waals surface area contributed by atoms with Crippen LogP contribution >= 0.6 is 0 Å². The van der Waals surface area contributed by atoms with Gasteiger partial charge in [-0.25, -0.2) is 0 Å². The van der Waals surface area contributed by atoms with Gasteiger partial charge in [-0.15, -0.1) is 12.2 Å². The Morgan fingerprint density at radius 3 is 2.90 bits per heavy atom. The molecule has 0 aliphatic heterocycles. The Hall–Kier alpha value is -1.18. The Morgan fingerprint density at radius 1 is 1.50 bits per heavy atom. The maximum absolute atomic E-state index is 5.28. The number of allylic oxidation sites excluding steroid dienone is 3. The Balaban J connectivity index is 2.91. The van der Waals surface area contributed by atoms with E-state index in [9.17, 15) is 0 Å². The average Bonchev–Trinajstić information content (AvgIpc) is 2.36. The molecule has 0 radical (unpaired) electrons. The molecule has 0 aromatic rings. The zero-order chi connectivity index (χ0) is 7.40. The lowest BCUT2D eigenvalue weighted by molar-refractivity contribution is 0.908. The summed E-state index contributed by atoms with van der Waals surface area (Å²) in [7, 11) is 0. The van der Waals surface area contributed by atoms with Crippen LogP contribution in [0.15, 0.2) is 29.5 Å². The molecule has 1 aliphatic carbocycles. The van der Waals surface area contributed by atoms with Gasteiger partial charge in [0.15, 0.2) is 0 Å². The van der Waals surface area contributed by atoms with Gasteiger partial charge in [-0.3, -0.25) is 0 Å². The lowest BCUT2D eigenvalue weighted by Crippen LogP contribution is -1.73. The maximum Gasteiger partial charge on any atom is 0.00558 e. The molecule has 0 aromatic heterocycles. The predicted molar refractivity (Wildman–Crippen MR) is 43.4 cm³/mol. The molecule has 0 fully saturated rings. The van der Waals surface area contributed by atoms with Crippen LogP contribution in [0.3, 0.4) is 0 Å². The molecule has 0 spiro atoms. The summed E-state index contributed by atoms with van der Waals surface area (Å²) in [6, 6.07) is 0. The highest BCUT2D eigenvalue weighted by molar-refractivity contribution is 5.39. The van der Waals surface area contributed by atoms with Crippen molar-refractivity contribution in [3.63, 3.8) is 0 Å². The summed E-state index contributed by atoms with van der Waals surface area (Å²) < 4.78 is 0. The van der Waals surface area contributed by atoms with Gasteiger partial charge < -0.3 is 0 Å². The third-order valence-electron chi connectivity index (χ3n) is 1.71. The molecule has 0 unspecified atom stereocenters. The standard InChI is InChI=1S/C10H10/c1-3-6-10-8-5-7-9(10)4-2/h2,6H,1,5,7-8H2. The van der Waals surface area contributed by atoms with Gasteiger partial charge >= 0.3 is 0 Å². The molecule has 0 heterocycles. The quantitative estimate of drug-likeness (QED) is 0.378. The second-order valence-electron chi connectivity index (χ2n) is 2.35. The van der Waals surface area contributed by atoms with Crippen LogP contribution in [0.5, 0.6) is 0 Å². The SMILES string of the molecule is C#CC1=C(C=C=C)CCC1. The van der Waals surface area contributed by atoms with E-state index in [1.807, 2.05) is 6.08 Å². The first-order valence-electron chi connectivity index (χ1n) is 3.43. The average molecular weight is 130 g/mol. The van der Waals surface area contributed by atoms with Crippen molar-refractivity contribution in [1.82, 2.24) is 0 Å². The highest BCUT2D eigenvalue weighted by atomic mass is 14.1. The second kappa shape index (κ2) is 3.11. The van der Waals surface area contributed by atoms with Gasteiger partial charge in [0.2, 0.25) is 0 Å². The Bertz CT molecular complexity index is 242. The molecule has 0 nitrogen and oxygen atoms in total. The van der Waals surface area contributed by atoms with E-state index in [1.54, 1.807) is 0 Å². The van der Waals surface area contributed by atoms with Gasteiger partial charge in [-0.2, -0.15) is 0 Å². The molecule has 0 atom stereocenters. The van der Waals surface area contributed by atoms with Gasteiger partial charge in [0, 0.05) is 5.57 Å². The highest BCUT2D eigenvalue weighted by Crippen LogP contribution is 2.25. The smallest absolute Gasteiger partial charge is 0.00558 e. The van der Waals surface area contributed by atoms with Crippen LogP contribution in [0, 0.1) is 12.3 Å². The zero-order valence-electron chi connectivity index (χ0n) is 5.98. The van der Waals surface area contributed by atoms with Gasteiger partial charge in [0.1, 0.15) is 0 Å². The molecule has 0 aromatic carbocycles. The third-order valence-corrected chi connectivity index (χ3v) is 1.71. The maximum atomic E-state index is 5.28.